The highest BCUT2D eigenvalue weighted by atomic mass is 19.1. The number of amides is 3. The molecule has 2 N–H and O–H groups in total. The van der Waals surface area contributed by atoms with Gasteiger partial charge in [0.2, 0.25) is 5.91 Å². The van der Waals surface area contributed by atoms with Crippen molar-refractivity contribution in [2.24, 2.45) is 5.92 Å². The maximum absolute atomic E-state index is 13.0. The summed E-state index contributed by atoms with van der Waals surface area (Å²) in [5, 5.41) is 8.04. The topological polar surface area (TPSA) is 61.4 Å². The molecule has 3 aromatic carbocycles. The minimum Gasteiger partial charge on any atom is -0.338 e. The van der Waals surface area contributed by atoms with Crippen LogP contribution in [0.3, 0.4) is 0 Å². The summed E-state index contributed by atoms with van der Waals surface area (Å²) in [6.45, 7) is 1.92. The Morgan fingerprint density at radius 1 is 1.00 bits per heavy atom. The number of carbonyl (C=O) groups excluding carboxylic acids is 2. The third-order valence-corrected chi connectivity index (χ3v) is 5.45. The Labute approximate surface area is 174 Å². The first-order chi connectivity index (χ1) is 14.6. The molecule has 0 radical (unpaired) electrons. The normalized spacial score (nSPS) is 16.1. The van der Waals surface area contributed by atoms with Gasteiger partial charge in [-0.15, -0.1) is 0 Å². The average molecular weight is 405 g/mol. The van der Waals surface area contributed by atoms with Gasteiger partial charge < -0.3 is 15.5 Å². The van der Waals surface area contributed by atoms with E-state index >= 15 is 0 Å². The van der Waals surface area contributed by atoms with Crippen molar-refractivity contribution < 1.29 is 14.0 Å². The number of nitrogens with one attached hydrogen (secondary N) is 2. The standard InChI is InChI=1S/C24H24FN3O2/c25-21-10-8-17(9-11-21)15-28-16-18(12-23(28)29)13-26-24(30)27-14-20-6-3-5-19-4-1-2-7-22(19)20/h1-11,18H,12-16H2,(H2,26,27,30). The van der Waals surface area contributed by atoms with Crippen LogP contribution in [0.2, 0.25) is 0 Å². The van der Waals surface area contributed by atoms with Gasteiger partial charge in [0.05, 0.1) is 0 Å². The van der Waals surface area contributed by atoms with Crippen LogP contribution in [0, 0.1) is 11.7 Å². The molecule has 0 aromatic heterocycles. The molecule has 4 rings (SSSR count). The Morgan fingerprint density at radius 3 is 2.60 bits per heavy atom. The zero-order chi connectivity index (χ0) is 20.9. The number of hydrogen-bond acceptors (Lipinski definition) is 2. The lowest BCUT2D eigenvalue weighted by molar-refractivity contribution is -0.128. The van der Waals surface area contributed by atoms with Gasteiger partial charge in [-0.3, -0.25) is 4.79 Å². The second-order valence-corrected chi connectivity index (χ2v) is 7.67. The summed E-state index contributed by atoms with van der Waals surface area (Å²) in [5.74, 6) is -0.161. The number of rotatable bonds is 6. The lowest BCUT2D eigenvalue weighted by atomic mass is 10.0. The third-order valence-electron chi connectivity index (χ3n) is 5.45. The van der Waals surface area contributed by atoms with E-state index in [-0.39, 0.29) is 23.7 Å². The van der Waals surface area contributed by atoms with Gasteiger partial charge >= 0.3 is 6.03 Å². The highest BCUT2D eigenvalue weighted by Crippen LogP contribution is 2.20. The first-order valence-corrected chi connectivity index (χ1v) is 10.1. The predicted molar refractivity (Wildman–Crippen MR) is 114 cm³/mol. The maximum Gasteiger partial charge on any atom is 0.315 e. The van der Waals surface area contributed by atoms with Crippen LogP contribution in [0.25, 0.3) is 10.8 Å². The van der Waals surface area contributed by atoms with Gasteiger partial charge in [-0.2, -0.15) is 0 Å². The van der Waals surface area contributed by atoms with Crippen molar-refractivity contribution in [3.8, 4) is 0 Å². The van der Waals surface area contributed by atoms with Crippen molar-refractivity contribution in [1.29, 1.82) is 0 Å². The van der Waals surface area contributed by atoms with Gasteiger partial charge in [0, 0.05) is 38.5 Å². The molecule has 154 valence electrons. The lowest BCUT2D eigenvalue weighted by Gasteiger charge is -2.17. The fourth-order valence-electron chi connectivity index (χ4n) is 3.88. The van der Waals surface area contributed by atoms with E-state index in [1.165, 1.54) is 12.1 Å². The Kier molecular flexibility index (Phi) is 5.93. The molecule has 1 aliphatic rings. The summed E-state index contributed by atoms with van der Waals surface area (Å²) >= 11 is 0. The van der Waals surface area contributed by atoms with E-state index in [1.54, 1.807) is 17.0 Å². The molecule has 1 atom stereocenters. The fraction of sp³-hybridized carbons (Fsp3) is 0.250. The predicted octanol–water partition coefficient (Wildman–Crippen LogP) is 3.83. The minimum atomic E-state index is -0.289. The van der Waals surface area contributed by atoms with Crippen molar-refractivity contribution in [3.05, 3.63) is 83.7 Å². The summed E-state index contributed by atoms with van der Waals surface area (Å²) in [7, 11) is 0. The van der Waals surface area contributed by atoms with Crippen LogP contribution >= 0.6 is 0 Å². The molecule has 0 spiro atoms. The van der Waals surface area contributed by atoms with Crippen molar-refractivity contribution in [2.45, 2.75) is 19.5 Å². The molecular formula is C24H24FN3O2. The number of hydrogen-bond donors (Lipinski definition) is 2. The Bertz CT molecular complexity index is 1050. The number of benzene rings is 3. The Morgan fingerprint density at radius 2 is 1.77 bits per heavy atom. The minimum absolute atomic E-state index is 0.0577. The summed E-state index contributed by atoms with van der Waals surface area (Å²) in [4.78, 5) is 26.3. The molecule has 3 amide bonds. The number of carbonyl (C=O) groups is 2. The largest absolute Gasteiger partial charge is 0.338 e. The number of nitrogens with zero attached hydrogens (tertiary/aromatic N) is 1. The SMILES string of the molecule is O=C(NCc1cccc2ccccc12)NCC1CC(=O)N(Cc2ccc(F)cc2)C1. The molecule has 1 saturated heterocycles. The average Bonchev–Trinajstić information content (AvgIpc) is 3.11. The monoisotopic (exact) mass is 405 g/mol. The van der Waals surface area contributed by atoms with Crippen molar-refractivity contribution in [3.63, 3.8) is 0 Å². The Hall–Kier alpha value is -3.41. The second kappa shape index (κ2) is 8.95. The molecule has 1 fully saturated rings. The van der Waals surface area contributed by atoms with Gasteiger partial charge in [0.1, 0.15) is 5.82 Å². The zero-order valence-corrected chi connectivity index (χ0v) is 16.6. The van der Waals surface area contributed by atoms with Gasteiger partial charge in [-0.25, -0.2) is 9.18 Å². The number of urea groups is 1. The van der Waals surface area contributed by atoms with Crippen LogP contribution in [0.4, 0.5) is 9.18 Å². The molecule has 6 heteroatoms. The van der Waals surface area contributed by atoms with Gasteiger partial charge in [0.25, 0.3) is 0 Å². The first-order valence-electron chi connectivity index (χ1n) is 10.1. The van der Waals surface area contributed by atoms with E-state index in [1.807, 2.05) is 42.5 Å². The maximum atomic E-state index is 13.0. The van der Waals surface area contributed by atoms with Crippen LogP contribution in [0.1, 0.15) is 17.5 Å². The fourth-order valence-corrected chi connectivity index (χ4v) is 3.88. The van der Waals surface area contributed by atoms with Gasteiger partial charge in [-0.1, -0.05) is 54.6 Å². The molecule has 0 bridgehead atoms. The summed E-state index contributed by atoms with van der Waals surface area (Å²) in [6.07, 6.45) is 0.408. The van der Waals surface area contributed by atoms with Crippen molar-refractivity contribution in [1.82, 2.24) is 15.5 Å². The van der Waals surface area contributed by atoms with Gasteiger partial charge in [-0.05, 0) is 34.0 Å². The number of halogens is 1. The number of likely N-dealkylation sites (tertiary alicyclic amines) is 1. The summed E-state index contributed by atoms with van der Waals surface area (Å²) in [6, 6.07) is 20.0. The van der Waals surface area contributed by atoms with Crippen LogP contribution in [-0.2, 0) is 17.9 Å². The van der Waals surface area contributed by atoms with Crippen molar-refractivity contribution >= 4 is 22.7 Å². The van der Waals surface area contributed by atoms with Crippen LogP contribution in [0.15, 0.2) is 66.7 Å². The summed E-state index contributed by atoms with van der Waals surface area (Å²) < 4.78 is 13.0. The molecule has 1 heterocycles. The molecular weight excluding hydrogens is 381 g/mol. The second-order valence-electron chi connectivity index (χ2n) is 7.67. The van der Waals surface area contributed by atoms with E-state index in [0.29, 0.717) is 32.6 Å². The highest BCUT2D eigenvalue weighted by molar-refractivity contribution is 5.86. The van der Waals surface area contributed by atoms with E-state index in [4.69, 9.17) is 0 Å². The molecule has 30 heavy (non-hydrogen) atoms. The molecule has 1 aliphatic heterocycles. The molecule has 0 aliphatic carbocycles. The highest BCUT2D eigenvalue weighted by Gasteiger charge is 2.29. The van der Waals surface area contributed by atoms with Crippen LogP contribution < -0.4 is 10.6 Å². The van der Waals surface area contributed by atoms with Gasteiger partial charge in [0.15, 0.2) is 0 Å². The summed E-state index contributed by atoms with van der Waals surface area (Å²) in [5.41, 5.74) is 1.95. The molecule has 3 aromatic rings. The van der Waals surface area contributed by atoms with E-state index in [0.717, 1.165) is 21.9 Å². The van der Waals surface area contributed by atoms with Crippen LogP contribution in [0.5, 0.6) is 0 Å². The van der Waals surface area contributed by atoms with E-state index in [9.17, 15) is 14.0 Å². The molecule has 5 nitrogen and oxygen atoms in total. The van der Waals surface area contributed by atoms with Crippen molar-refractivity contribution in [2.75, 3.05) is 13.1 Å². The molecule has 0 saturated carbocycles. The van der Waals surface area contributed by atoms with E-state index in [2.05, 4.69) is 10.6 Å². The third kappa shape index (κ3) is 4.76. The quantitative estimate of drug-likeness (QED) is 0.655. The Balaban J connectivity index is 1.25. The van der Waals surface area contributed by atoms with E-state index < -0.39 is 0 Å². The number of fused-ring (bicyclic) bond motifs is 1. The smallest absolute Gasteiger partial charge is 0.315 e. The molecule has 1 unspecified atom stereocenters. The lowest BCUT2D eigenvalue weighted by Crippen LogP contribution is -2.38. The first kappa shape index (κ1) is 19.9. The van der Waals surface area contributed by atoms with Crippen LogP contribution in [-0.4, -0.2) is 29.9 Å². The zero-order valence-electron chi connectivity index (χ0n) is 16.6.